The molecule has 0 radical (unpaired) electrons. The molecule has 1 heterocycles. The second-order valence-electron chi connectivity index (χ2n) is 6.53. The molecule has 0 aliphatic rings. The van der Waals surface area contributed by atoms with E-state index in [1.807, 2.05) is 4.68 Å². The zero-order valence-corrected chi connectivity index (χ0v) is 14.2. The van der Waals surface area contributed by atoms with E-state index in [1.54, 1.807) is 0 Å². The van der Waals surface area contributed by atoms with Crippen molar-refractivity contribution in [2.24, 2.45) is 5.41 Å². The van der Waals surface area contributed by atoms with Gasteiger partial charge in [-0.25, -0.2) is 4.68 Å². The molecule has 0 bridgehead atoms. The van der Waals surface area contributed by atoms with E-state index in [-0.39, 0.29) is 5.41 Å². The van der Waals surface area contributed by atoms with Crippen LogP contribution in [0.1, 0.15) is 37.6 Å². The smallest absolute Gasteiger partial charge is 0.136 e. The van der Waals surface area contributed by atoms with Gasteiger partial charge in [0.1, 0.15) is 5.82 Å². The highest BCUT2D eigenvalue weighted by Crippen LogP contribution is 2.30. The van der Waals surface area contributed by atoms with E-state index in [4.69, 9.17) is 5.73 Å². The molecule has 2 rings (SSSR count). The van der Waals surface area contributed by atoms with Crippen LogP contribution >= 0.6 is 15.9 Å². The fourth-order valence-corrected chi connectivity index (χ4v) is 2.53. The van der Waals surface area contributed by atoms with Crippen molar-refractivity contribution < 1.29 is 0 Å². The Bertz CT molecular complexity index is 591. The molecule has 1 aromatic heterocycles. The summed E-state index contributed by atoms with van der Waals surface area (Å²) >= 11 is 3.57. The molecule has 0 amide bonds. The van der Waals surface area contributed by atoms with E-state index in [1.165, 1.54) is 11.1 Å². The Labute approximate surface area is 129 Å². The van der Waals surface area contributed by atoms with Crippen LogP contribution in [-0.2, 0) is 13.0 Å². The number of benzene rings is 1. The summed E-state index contributed by atoms with van der Waals surface area (Å²) in [6.45, 7) is 9.40. The van der Waals surface area contributed by atoms with Crippen LogP contribution in [0.2, 0.25) is 0 Å². The van der Waals surface area contributed by atoms with Crippen molar-refractivity contribution in [2.75, 3.05) is 5.73 Å². The number of anilines is 1. The summed E-state index contributed by atoms with van der Waals surface area (Å²) in [4.78, 5) is 0. The quantitative estimate of drug-likeness (QED) is 0.914. The van der Waals surface area contributed by atoms with Crippen molar-refractivity contribution in [3.05, 3.63) is 45.6 Å². The summed E-state index contributed by atoms with van der Waals surface area (Å²) in [6.07, 6.45) is 0.901. The average molecular weight is 336 g/mol. The lowest BCUT2D eigenvalue weighted by Gasteiger charge is -2.16. The maximum Gasteiger partial charge on any atom is 0.136 e. The minimum Gasteiger partial charge on any atom is -0.383 e. The third kappa shape index (κ3) is 3.63. The van der Waals surface area contributed by atoms with E-state index >= 15 is 0 Å². The lowest BCUT2D eigenvalue weighted by atomic mass is 9.91. The molecular weight excluding hydrogens is 314 g/mol. The molecule has 0 atom stereocenters. The summed E-state index contributed by atoms with van der Waals surface area (Å²) in [5.74, 6) is 0.699. The number of nitrogens with two attached hydrogens (primary N) is 1. The summed E-state index contributed by atoms with van der Waals surface area (Å²) in [6, 6.07) is 8.46. The summed E-state index contributed by atoms with van der Waals surface area (Å²) < 4.78 is 2.80. The van der Waals surface area contributed by atoms with Gasteiger partial charge in [0.25, 0.3) is 0 Å². The minimum atomic E-state index is 0.192. The molecule has 20 heavy (non-hydrogen) atoms. The van der Waals surface area contributed by atoms with Crippen molar-refractivity contribution in [1.82, 2.24) is 9.78 Å². The maximum atomic E-state index is 6.15. The van der Waals surface area contributed by atoms with Gasteiger partial charge in [0, 0.05) is 0 Å². The Balaban J connectivity index is 2.24. The van der Waals surface area contributed by atoms with Gasteiger partial charge in [0.2, 0.25) is 0 Å². The Hall–Kier alpha value is -1.29. The number of hydrogen-bond acceptors (Lipinski definition) is 2. The SMILES string of the molecule is Cc1ccc(Cn2nc(CC(C)(C)C)c(Br)c2N)cc1. The molecule has 2 N–H and O–H groups in total. The number of aryl methyl sites for hydroxylation is 1. The summed E-state index contributed by atoms with van der Waals surface area (Å²) in [5, 5.41) is 4.66. The number of aromatic nitrogens is 2. The van der Waals surface area contributed by atoms with Gasteiger partial charge in [-0.2, -0.15) is 5.10 Å². The van der Waals surface area contributed by atoms with Crippen LogP contribution in [0.15, 0.2) is 28.7 Å². The van der Waals surface area contributed by atoms with E-state index in [0.29, 0.717) is 12.4 Å². The zero-order valence-electron chi connectivity index (χ0n) is 12.6. The van der Waals surface area contributed by atoms with Gasteiger partial charge in [-0.1, -0.05) is 50.6 Å². The highest BCUT2D eigenvalue weighted by molar-refractivity contribution is 9.10. The number of halogens is 1. The fraction of sp³-hybridized carbons (Fsp3) is 0.438. The topological polar surface area (TPSA) is 43.8 Å². The standard InChI is InChI=1S/C16H22BrN3/c1-11-5-7-12(8-6-11)10-20-15(18)14(17)13(19-20)9-16(2,3)4/h5-8H,9-10,18H2,1-4H3. The van der Waals surface area contributed by atoms with E-state index in [2.05, 4.69) is 73.0 Å². The van der Waals surface area contributed by atoms with Gasteiger partial charge in [0.05, 0.1) is 16.7 Å². The molecule has 0 saturated carbocycles. The van der Waals surface area contributed by atoms with Gasteiger partial charge in [0.15, 0.2) is 0 Å². The second kappa shape index (κ2) is 5.60. The first-order valence-electron chi connectivity index (χ1n) is 6.82. The van der Waals surface area contributed by atoms with E-state index in [9.17, 15) is 0 Å². The number of rotatable bonds is 3. The predicted molar refractivity (Wildman–Crippen MR) is 87.8 cm³/mol. The van der Waals surface area contributed by atoms with Crippen molar-refractivity contribution in [3.8, 4) is 0 Å². The molecule has 108 valence electrons. The van der Waals surface area contributed by atoms with Crippen LogP contribution in [-0.4, -0.2) is 9.78 Å². The molecule has 1 aromatic carbocycles. The van der Waals surface area contributed by atoms with E-state index < -0.39 is 0 Å². The largest absolute Gasteiger partial charge is 0.383 e. The average Bonchev–Trinajstić information content (AvgIpc) is 2.59. The van der Waals surface area contributed by atoms with Crippen molar-refractivity contribution in [3.63, 3.8) is 0 Å². The van der Waals surface area contributed by atoms with Crippen LogP contribution in [0, 0.1) is 12.3 Å². The first kappa shape index (κ1) is 15.1. The zero-order chi connectivity index (χ0) is 14.9. The van der Waals surface area contributed by atoms with Gasteiger partial charge in [-0.05, 0) is 40.3 Å². The van der Waals surface area contributed by atoms with Crippen LogP contribution < -0.4 is 5.73 Å². The molecule has 0 aliphatic carbocycles. The van der Waals surface area contributed by atoms with Gasteiger partial charge in [-0.3, -0.25) is 0 Å². The van der Waals surface area contributed by atoms with Gasteiger partial charge >= 0.3 is 0 Å². The fourth-order valence-electron chi connectivity index (χ4n) is 2.11. The minimum absolute atomic E-state index is 0.192. The van der Waals surface area contributed by atoms with Crippen LogP contribution in [0.4, 0.5) is 5.82 Å². The highest BCUT2D eigenvalue weighted by atomic mass is 79.9. The van der Waals surface area contributed by atoms with Crippen LogP contribution in [0.25, 0.3) is 0 Å². The Morgan fingerprint density at radius 3 is 2.35 bits per heavy atom. The summed E-state index contributed by atoms with van der Waals surface area (Å²) in [5.41, 5.74) is 9.84. The summed E-state index contributed by atoms with van der Waals surface area (Å²) in [7, 11) is 0. The Morgan fingerprint density at radius 2 is 1.80 bits per heavy atom. The number of nitrogens with zero attached hydrogens (tertiary/aromatic N) is 2. The van der Waals surface area contributed by atoms with Gasteiger partial charge in [-0.15, -0.1) is 0 Å². The molecule has 2 aromatic rings. The molecule has 3 nitrogen and oxygen atoms in total. The predicted octanol–water partition coefficient (Wildman–Crippen LogP) is 4.17. The molecule has 0 spiro atoms. The molecule has 0 aliphatic heterocycles. The molecule has 4 heteroatoms. The van der Waals surface area contributed by atoms with Gasteiger partial charge < -0.3 is 5.73 Å². The number of hydrogen-bond donors (Lipinski definition) is 1. The normalized spacial score (nSPS) is 11.8. The highest BCUT2D eigenvalue weighted by Gasteiger charge is 2.19. The van der Waals surface area contributed by atoms with Crippen LogP contribution in [0.5, 0.6) is 0 Å². The second-order valence-corrected chi connectivity index (χ2v) is 7.32. The molecule has 0 unspecified atom stereocenters. The lowest BCUT2D eigenvalue weighted by molar-refractivity contribution is 0.403. The first-order valence-corrected chi connectivity index (χ1v) is 7.62. The molecular formula is C16H22BrN3. The van der Waals surface area contributed by atoms with Crippen molar-refractivity contribution in [2.45, 2.75) is 40.7 Å². The van der Waals surface area contributed by atoms with Crippen molar-refractivity contribution >= 4 is 21.7 Å². The van der Waals surface area contributed by atoms with Crippen LogP contribution in [0.3, 0.4) is 0 Å². The molecule has 0 saturated heterocycles. The van der Waals surface area contributed by atoms with Crippen molar-refractivity contribution in [1.29, 1.82) is 0 Å². The third-order valence-electron chi connectivity index (χ3n) is 3.15. The number of nitrogen functional groups attached to an aromatic ring is 1. The Kier molecular flexibility index (Phi) is 4.23. The first-order chi connectivity index (χ1) is 9.26. The third-order valence-corrected chi connectivity index (χ3v) is 4.01. The monoisotopic (exact) mass is 335 g/mol. The lowest BCUT2D eigenvalue weighted by Crippen LogP contribution is -2.11. The van der Waals surface area contributed by atoms with E-state index in [0.717, 1.165) is 16.6 Å². The molecule has 0 fully saturated rings. The maximum absolute atomic E-state index is 6.15. The Morgan fingerprint density at radius 1 is 1.20 bits per heavy atom.